The van der Waals surface area contributed by atoms with Gasteiger partial charge in [-0.2, -0.15) is 0 Å². The number of nitrogens with zero attached hydrogens (tertiary/aromatic N) is 1. The lowest BCUT2D eigenvalue weighted by Crippen LogP contribution is -2.30. The number of urea groups is 1. The molecule has 0 saturated heterocycles. The Balaban J connectivity index is 2.10. The Bertz CT molecular complexity index is 296. The zero-order chi connectivity index (χ0) is 10.3. The van der Waals surface area contributed by atoms with E-state index < -0.39 is 6.03 Å². The van der Waals surface area contributed by atoms with Crippen molar-refractivity contribution in [1.82, 2.24) is 5.43 Å². The van der Waals surface area contributed by atoms with Gasteiger partial charge in [0.15, 0.2) is 0 Å². The van der Waals surface area contributed by atoms with Gasteiger partial charge < -0.3 is 0 Å². The lowest BCUT2D eigenvalue weighted by Gasteiger charge is -2.29. The molecule has 2 atom stereocenters. The van der Waals surface area contributed by atoms with Crippen LogP contribution in [0.4, 0.5) is 4.79 Å². The highest BCUT2D eigenvalue weighted by molar-refractivity contribution is 5.98. The molecule has 2 amide bonds. The van der Waals surface area contributed by atoms with E-state index in [1.54, 1.807) is 0 Å². The molecule has 2 aliphatic carbocycles. The summed E-state index contributed by atoms with van der Waals surface area (Å²) < 4.78 is 0. The van der Waals surface area contributed by atoms with Gasteiger partial charge in [0.1, 0.15) is 0 Å². The van der Waals surface area contributed by atoms with Crippen LogP contribution in [0.15, 0.2) is 4.99 Å². The predicted octanol–water partition coefficient (Wildman–Crippen LogP) is 1.47. The van der Waals surface area contributed by atoms with E-state index in [2.05, 4.69) is 18.8 Å². The number of rotatable bonds is 0. The molecule has 2 aliphatic rings. The molecule has 78 valence electrons. The Morgan fingerprint density at radius 2 is 2.36 bits per heavy atom. The van der Waals surface area contributed by atoms with Gasteiger partial charge in [-0.05, 0) is 36.5 Å². The van der Waals surface area contributed by atoms with Crippen LogP contribution in [0.25, 0.3) is 0 Å². The van der Waals surface area contributed by atoms with Gasteiger partial charge in [-0.15, -0.1) is 0 Å². The smallest absolute Gasteiger partial charge is 0.274 e. The van der Waals surface area contributed by atoms with Crippen LogP contribution < -0.4 is 11.3 Å². The standard InChI is InChI=1S/C10H17N3O/c1-10(2)5-6-3-7(10)4-8(6)12-9(14)13-11/h6-7H,3-5,11H2,1-2H3,(H,13,14)/b12-8+/t6-,7-/m0/s1. The number of hydrogen-bond acceptors (Lipinski definition) is 2. The highest BCUT2D eigenvalue weighted by Crippen LogP contribution is 2.54. The van der Waals surface area contributed by atoms with E-state index in [1.165, 1.54) is 6.42 Å². The van der Waals surface area contributed by atoms with Gasteiger partial charge in [-0.25, -0.2) is 15.6 Å². The minimum absolute atomic E-state index is 0.412. The Labute approximate surface area is 83.9 Å². The maximum absolute atomic E-state index is 11.0. The molecule has 0 heterocycles. The van der Waals surface area contributed by atoms with Gasteiger partial charge in [0, 0.05) is 5.71 Å². The van der Waals surface area contributed by atoms with E-state index >= 15 is 0 Å². The fraction of sp³-hybridized carbons (Fsp3) is 0.800. The van der Waals surface area contributed by atoms with E-state index in [4.69, 9.17) is 5.84 Å². The lowest BCUT2D eigenvalue weighted by molar-refractivity contribution is 0.247. The van der Waals surface area contributed by atoms with Crippen molar-refractivity contribution in [3.63, 3.8) is 0 Å². The van der Waals surface area contributed by atoms with Crippen molar-refractivity contribution in [3.05, 3.63) is 0 Å². The molecule has 0 unspecified atom stereocenters. The Morgan fingerprint density at radius 3 is 2.79 bits per heavy atom. The second-order valence-electron chi connectivity index (χ2n) is 5.08. The number of nitrogens with one attached hydrogen (secondary N) is 1. The summed E-state index contributed by atoms with van der Waals surface area (Å²) in [6.07, 6.45) is 3.34. The first-order chi connectivity index (χ1) is 6.53. The van der Waals surface area contributed by atoms with Gasteiger partial charge >= 0.3 is 6.03 Å². The van der Waals surface area contributed by atoms with Crippen molar-refractivity contribution in [1.29, 1.82) is 0 Å². The molecule has 2 fully saturated rings. The Kier molecular flexibility index (Phi) is 2.10. The monoisotopic (exact) mass is 195 g/mol. The minimum Gasteiger partial charge on any atom is -0.274 e. The molecule has 0 aliphatic heterocycles. The van der Waals surface area contributed by atoms with Gasteiger partial charge in [-0.1, -0.05) is 13.8 Å². The number of fused-ring (bicyclic) bond motifs is 2. The number of amides is 2. The molecule has 0 aromatic carbocycles. The average molecular weight is 195 g/mol. The first-order valence-corrected chi connectivity index (χ1v) is 5.11. The van der Waals surface area contributed by atoms with Crippen LogP contribution in [0.2, 0.25) is 0 Å². The first-order valence-electron chi connectivity index (χ1n) is 5.11. The second-order valence-corrected chi connectivity index (χ2v) is 5.08. The highest BCUT2D eigenvalue weighted by atomic mass is 16.2. The molecule has 14 heavy (non-hydrogen) atoms. The third-order valence-electron chi connectivity index (χ3n) is 3.74. The molecule has 0 aromatic heterocycles. The molecule has 4 nitrogen and oxygen atoms in total. The van der Waals surface area contributed by atoms with Crippen molar-refractivity contribution in [2.24, 2.45) is 28.1 Å². The van der Waals surface area contributed by atoms with Gasteiger partial charge in [-0.3, -0.25) is 5.43 Å². The Morgan fingerprint density at radius 1 is 1.64 bits per heavy atom. The average Bonchev–Trinajstić information content (AvgIpc) is 2.59. The van der Waals surface area contributed by atoms with Crippen molar-refractivity contribution >= 4 is 11.7 Å². The molecule has 2 bridgehead atoms. The van der Waals surface area contributed by atoms with Crippen molar-refractivity contribution in [2.45, 2.75) is 33.1 Å². The van der Waals surface area contributed by atoms with Crippen LogP contribution in [0, 0.1) is 17.3 Å². The predicted molar refractivity (Wildman–Crippen MR) is 54.8 cm³/mol. The maximum atomic E-state index is 11.0. The first kappa shape index (κ1) is 9.65. The molecule has 4 heteroatoms. The maximum Gasteiger partial charge on any atom is 0.354 e. The van der Waals surface area contributed by atoms with Gasteiger partial charge in [0.2, 0.25) is 0 Å². The zero-order valence-electron chi connectivity index (χ0n) is 8.71. The quantitative estimate of drug-likeness (QED) is 0.349. The van der Waals surface area contributed by atoms with Crippen LogP contribution >= 0.6 is 0 Å². The molecular weight excluding hydrogens is 178 g/mol. The third-order valence-corrected chi connectivity index (χ3v) is 3.74. The second kappa shape index (κ2) is 3.05. The van der Waals surface area contributed by atoms with E-state index in [1.807, 2.05) is 5.43 Å². The SMILES string of the molecule is CC1(C)C[C@@H]2C[C@H]1C/C2=N\C(=O)NN. The topological polar surface area (TPSA) is 67.5 Å². The molecule has 0 radical (unpaired) electrons. The largest absolute Gasteiger partial charge is 0.354 e. The van der Waals surface area contributed by atoms with Crippen molar-refractivity contribution < 1.29 is 4.79 Å². The fourth-order valence-corrected chi connectivity index (χ4v) is 2.88. The number of nitrogens with two attached hydrogens (primary N) is 1. The number of hydrogen-bond donors (Lipinski definition) is 2. The third kappa shape index (κ3) is 1.43. The van der Waals surface area contributed by atoms with Crippen LogP contribution in [-0.2, 0) is 0 Å². The van der Waals surface area contributed by atoms with Crippen molar-refractivity contribution in [2.75, 3.05) is 0 Å². The van der Waals surface area contributed by atoms with E-state index in [0.717, 1.165) is 18.6 Å². The summed E-state index contributed by atoms with van der Waals surface area (Å²) >= 11 is 0. The van der Waals surface area contributed by atoms with E-state index in [0.29, 0.717) is 17.3 Å². The van der Waals surface area contributed by atoms with E-state index in [-0.39, 0.29) is 0 Å². The molecule has 3 N–H and O–H groups in total. The van der Waals surface area contributed by atoms with Crippen molar-refractivity contribution in [3.8, 4) is 0 Å². The molecule has 0 spiro atoms. The summed E-state index contributed by atoms with van der Waals surface area (Å²) in [5.41, 5.74) is 3.53. The molecule has 0 aromatic rings. The Hall–Kier alpha value is -0.900. The lowest BCUT2D eigenvalue weighted by atomic mass is 9.76. The number of hydrazine groups is 1. The highest BCUT2D eigenvalue weighted by Gasteiger charge is 2.48. The van der Waals surface area contributed by atoms with Crippen LogP contribution in [0.1, 0.15) is 33.1 Å². The van der Waals surface area contributed by atoms with Crippen LogP contribution in [-0.4, -0.2) is 11.7 Å². The fourth-order valence-electron chi connectivity index (χ4n) is 2.88. The minimum atomic E-state index is -0.412. The summed E-state index contributed by atoms with van der Waals surface area (Å²) in [4.78, 5) is 15.0. The molecule has 2 saturated carbocycles. The summed E-state index contributed by atoms with van der Waals surface area (Å²) in [6.45, 7) is 4.61. The van der Waals surface area contributed by atoms with Crippen LogP contribution in [0.5, 0.6) is 0 Å². The summed E-state index contributed by atoms with van der Waals surface area (Å²) in [5.74, 6) is 6.22. The molecular formula is C10H17N3O. The van der Waals surface area contributed by atoms with Gasteiger partial charge in [0.05, 0.1) is 0 Å². The van der Waals surface area contributed by atoms with Crippen LogP contribution in [0.3, 0.4) is 0 Å². The number of carbonyl (C=O) groups is 1. The number of carbonyl (C=O) groups excluding carboxylic acids is 1. The summed E-state index contributed by atoms with van der Waals surface area (Å²) in [7, 11) is 0. The van der Waals surface area contributed by atoms with Gasteiger partial charge in [0.25, 0.3) is 0 Å². The zero-order valence-corrected chi connectivity index (χ0v) is 8.71. The molecule has 2 rings (SSSR count). The summed E-state index contributed by atoms with van der Waals surface area (Å²) in [6, 6.07) is -0.412. The number of aliphatic imine (C=N–C) groups is 1. The summed E-state index contributed by atoms with van der Waals surface area (Å²) in [5, 5.41) is 0. The van der Waals surface area contributed by atoms with E-state index in [9.17, 15) is 4.79 Å². The normalized spacial score (nSPS) is 36.4.